The van der Waals surface area contributed by atoms with E-state index in [0.717, 1.165) is 12.8 Å². The van der Waals surface area contributed by atoms with Crippen molar-refractivity contribution >= 4 is 215 Å². The summed E-state index contributed by atoms with van der Waals surface area (Å²) in [4.78, 5) is 0. The minimum absolute atomic E-state index is 0.344. The molecule has 5 radical (unpaired) electrons. The Balaban J connectivity index is 1.06. The van der Waals surface area contributed by atoms with Gasteiger partial charge in [-0.2, -0.15) is 0 Å². The van der Waals surface area contributed by atoms with Gasteiger partial charge in [-0.25, -0.2) is 0 Å². The summed E-state index contributed by atoms with van der Waals surface area (Å²) in [7, 11) is 0. The summed E-state index contributed by atoms with van der Waals surface area (Å²) in [5.41, 5.74) is 19.9. The zero-order valence-corrected chi connectivity index (χ0v) is 43.6. The maximum Gasteiger partial charge on any atom is 0.0545 e. The van der Waals surface area contributed by atoms with Crippen molar-refractivity contribution in [2.45, 2.75) is 53.8 Å². The van der Waals surface area contributed by atoms with Gasteiger partial charge in [0.2, 0.25) is 0 Å². The second-order valence-corrected chi connectivity index (χ2v) is 30.1. The maximum absolute atomic E-state index is 2.89. The molecule has 0 unspecified atom stereocenters. The summed E-state index contributed by atoms with van der Waals surface area (Å²) in [5.74, 6) is 8.85. The number of rotatable bonds is 5. The molecule has 11 aliphatic rings. The highest BCUT2D eigenvalue weighted by atomic mass is 14.9. The molecule has 24 aromatic carbocycles. The van der Waals surface area contributed by atoms with Gasteiger partial charge in [0.05, 0.1) is 5.41 Å². The lowest BCUT2D eigenvalue weighted by Gasteiger charge is -2.63. The van der Waals surface area contributed by atoms with Crippen LogP contribution in [0.5, 0.6) is 0 Å². The van der Waals surface area contributed by atoms with Crippen LogP contribution in [-0.2, 0) is 39.9 Å². The third kappa shape index (κ3) is 1.97. The molecule has 35 rings (SSSR count). The molecule has 0 bridgehead atoms. The van der Waals surface area contributed by atoms with Crippen molar-refractivity contribution in [3.63, 3.8) is 0 Å². The highest BCUT2D eigenvalue weighted by molar-refractivity contribution is 6.77. The molecule has 0 spiro atoms. The van der Waals surface area contributed by atoms with Crippen LogP contribution in [0.1, 0.15) is 86.2 Å². The van der Waals surface area contributed by atoms with Gasteiger partial charge in [0.25, 0.3) is 0 Å². The van der Waals surface area contributed by atoms with Gasteiger partial charge in [0.1, 0.15) is 0 Å². The Bertz CT molecular complexity index is 7560. The van der Waals surface area contributed by atoms with Gasteiger partial charge in [0.15, 0.2) is 0 Å². The van der Waals surface area contributed by atoms with Crippen LogP contribution in [0.25, 0.3) is 215 Å². The van der Waals surface area contributed by atoms with Gasteiger partial charge in [-0.05, 0) is 301 Å². The van der Waals surface area contributed by atoms with Crippen molar-refractivity contribution in [3.8, 4) is 0 Å². The predicted octanol–water partition coefficient (Wildman–Crippen LogP) is 19.1. The number of hydrogen-bond donors (Lipinski definition) is 0. The molecule has 1 fully saturated rings. The minimum atomic E-state index is -0.498. The molecule has 0 amide bonds. The molecule has 0 nitrogen and oxygen atoms in total. The lowest BCUT2D eigenvalue weighted by Crippen LogP contribution is -2.60. The fraction of sp³-hybridized carbons (Fsp3) is 0.110. The maximum atomic E-state index is 2.89. The molecule has 24 aromatic rings. The van der Waals surface area contributed by atoms with Crippen LogP contribution in [-0.4, -0.2) is 0 Å². The third-order valence-corrected chi connectivity index (χ3v) is 29.3. The van der Waals surface area contributed by atoms with Gasteiger partial charge < -0.3 is 0 Å². The zero-order valence-electron chi connectivity index (χ0n) is 43.6. The van der Waals surface area contributed by atoms with E-state index >= 15 is 0 Å². The van der Waals surface area contributed by atoms with Crippen LogP contribution in [0.15, 0.2) is 91.0 Å². The van der Waals surface area contributed by atoms with Gasteiger partial charge in [-0.3, -0.25) is 0 Å². The van der Waals surface area contributed by atoms with Gasteiger partial charge >= 0.3 is 0 Å². The monoisotopic (exact) mass is 1010 g/mol. The first-order valence-electron chi connectivity index (χ1n) is 30.9. The molecule has 0 heteroatoms. The van der Waals surface area contributed by atoms with Crippen molar-refractivity contribution in [1.82, 2.24) is 0 Å². The van der Waals surface area contributed by atoms with Crippen LogP contribution in [0.4, 0.5) is 0 Å². The first kappa shape index (κ1) is 33.8. The molecule has 1 saturated carbocycles. The Kier molecular flexibility index (Phi) is 3.35. The van der Waals surface area contributed by atoms with E-state index in [4.69, 9.17) is 0 Å². The van der Waals surface area contributed by atoms with Crippen LogP contribution in [0.3, 0.4) is 0 Å². The Hall–Kier alpha value is -8.84. The Morgan fingerprint density at radius 1 is 0.207 bits per heavy atom. The third-order valence-electron chi connectivity index (χ3n) is 29.3. The summed E-state index contributed by atoms with van der Waals surface area (Å²) in [6.45, 7) is 5.77. The topological polar surface area (TPSA) is 0 Å². The van der Waals surface area contributed by atoms with E-state index in [1.807, 2.05) is 0 Å². The number of hydrogen-bond acceptors (Lipinski definition) is 0. The smallest absolute Gasteiger partial charge is 0.0545 e. The number of benzene rings is 18. The fourth-order valence-corrected chi connectivity index (χ4v) is 28.9. The summed E-state index contributed by atoms with van der Waals surface area (Å²) in [6, 6.07) is 36.7. The zero-order chi connectivity index (χ0) is 50.0. The van der Waals surface area contributed by atoms with E-state index in [0.29, 0.717) is 0 Å². The molecule has 0 aromatic heterocycles. The molecule has 0 aliphatic heterocycles. The van der Waals surface area contributed by atoms with Crippen LogP contribution < -0.4 is 0 Å². The van der Waals surface area contributed by atoms with Crippen molar-refractivity contribution in [3.05, 3.63) is 193 Å². The molecule has 353 valence electrons. The minimum Gasteiger partial charge on any atom is -0.0622 e. The van der Waals surface area contributed by atoms with Gasteiger partial charge in [-0.15, -0.1) is 0 Å². The van der Waals surface area contributed by atoms with E-state index in [9.17, 15) is 0 Å². The van der Waals surface area contributed by atoms with Gasteiger partial charge in [-0.1, -0.05) is 105 Å². The average molecular weight is 1010 g/mol. The summed E-state index contributed by atoms with van der Waals surface area (Å²) in [5, 5.41) is 66.7. The molecular weight excluding hydrogens is 985 g/mol. The van der Waals surface area contributed by atoms with Crippen LogP contribution in [0.2, 0.25) is 0 Å². The predicted molar refractivity (Wildman–Crippen MR) is 335 cm³/mol. The summed E-state index contributed by atoms with van der Waals surface area (Å²) in [6.07, 6.45) is 1.97. The molecule has 82 heavy (non-hydrogen) atoms. The Morgan fingerprint density at radius 3 is 0.780 bits per heavy atom. The van der Waals surface area contributed by atoms with Crippen molar-refractivity contribution < 1.29 is 0 Å². The van der Waals surface area contributed by atoms with Gasteiger partial charge in [0, 0.05) is 51.2 Å². The normalized spacial score (nSPS) is 28.5. The first-order chi connectivity index (χ1) is 40.6. The SMILES string of the molecule is C[C@@]12[C]3[C]4[C]5[C]6[C]3[C@]3(c7ccccc7)c7c1c1c8c2c2c9c%10c(c%11c%12c%13c(c%14c%15c%16c(c3c3c7c7c1c1c%17c8c9c8c9c%10c%12c%10c%12c%13c%15c%13c%15c%16c3c3c7c1c1c(c8%17)c(c9%10)c(c%12%13)c1c%153)[C@@]6%14Cc1ccccc1)[C@]5%11Cc1ccccc1)[C@]42C. The van der Waals surface area contributed by atoms with Crippen molar-refractivity contribution in [1.29, 1.82) is 0 Å². The van der Waals surface area contributed by atoms with E-state index < -0.39 is 16.2 Å². The lowest BCUT2D eigenvalue weighted by molar-refractivity contribution is 0.366. The molecule has 0 N–H and O–H groups in total. The second kappa shape index (κ2) is 8.12. The van der Waals surface area contributed by atoms with E-state index in [1.165, 1.54) is 16.7 Å². The van der Waals surface area contributed by atoms with Crippen LogP contribution in [0, 0.1) is 29.6 Å². The van der Waals surface area contributed by atoms with Crippen molar-refractivity contribution in [2.75, 3.05) is 0 Å². The highest BCUT2D eigenvalue weighted by Crippen LogP contribution is 2.96. The van der Waals surface area contributed by atoms with E-state index in [-0.39, 0.29) is 10.8 Å². The Morgan fingerprint density at radius 2 is 0.427 bits per heavy atom. The van der Waals surface area contributed by atoms with Crippen LogP contribution >= 0.6 is 0 Å². The first-order valence-corrected chi connectivity index (χ1v) is 30.9. The standard InChI is InChI=1S/C82H25/c1-78-63-53-43-33-28-23-24-26-27-25(23)30-36-34(28)44(43)54-56-46(36)51-41(30)42-32(27)40-39-31(26)38-37-29(24)35(33)45-47(37)57-58-48(38)49(39)59-60-50(40)52(42)62-61(51)71-66(56)79(2,64(54)63)74-73(78)75-76-77(74)82(71,22-16-10-5-11-17-22)72(62)70(60)81(76,19-21-14-8-4-9-15-21)69(59)68(58)80(75,67(57)65(78)55(45)53)18-20-12-6-3-7-13-20/h3-17H,18-19H2,1-2H3/t78-,79+,80-,81+,82-/m1/s1. The average Bonchev–Trinajstić information content (AvgIpc) is 1.38. The van der Waals surface area contributed by atoms with E-state index in [1.54, 1.807) is 301 Å². The molecule has 5 atom stereocenters. The Labute approximate surface area is 459 Å². The molecule has 0 heterocycles. The molecular formula is C82H25. The summed E-state index contributed by atoms with van der Waals surface area (Å²) < 4.78 is 0. The lowest BCUT2D eigenvalue weighted by atomic mass is 9.37. The van der Waals surface area contributed by atoms with E-state index in [2.05, 4.69) is 105 Å². The quantitative estimate of drug-likeness (QED) is 0.151. The highest BCUT2D eigenvalue weighted by Gasteiger charge is 2.88. The molecule has 11 aliphatic carbocycles. The summed E-state index contributed by atoms with van der Waals surface area (Å²) >= 11 is 0. The van der Waals surface area contributed by atoms with Crippen molar-refractivity contribution in [2.24, 2.45) is 0 Å². The molecule has 0 saturated heterocycles. The largest absolute Gasteiger partial charge is 0.0622 e. The second-order valence-electron chi connectivity index (χ2n) is 30.1. The fourth-order valence-electron chi connectivity index (χ4n) is 28.9.